The van der Waals surface area contributed by atoms with Crippen LogP contribution in [0.25, 0.3) is 0 Å². The number of ether oxygens (including phenoxy) is 1. The predicted octanol–water partition coefficient (Wildman–Crippen LogP) is 2.50. The van der Waals surface area contributed by atoms with Crippen LogP contribution >= 0.6 is 0 Å². The lowest BCUT2D eigenvalue weighted by molar-refractivity contribution is -0.0136. The lowest BCUT2D eigenvalue weighted by Gasteiger charge is -2.33. The van der Waals surface area contributed by atoms with Crippen molar-refractivity contribution >= 4 is 6.03 Å². The van der Waals surface area contributed by atoms with Gasteiger partial charge in [-0.1, -0.05) is 0 Å². The second-order valence-electron chi connectivity index (χ2n) is 7.46. The monoisotopic (exact) mass is 320 g/mol. The summed E-state index contributed by atoms with van der Waals surface area (Å²) in [5, 5.41) is 7.44. The van der Waals surface area contributed by atoms with Crippen LogP contribution in [-0.2, 0) is 4.74 Å². The molecule has 3 rings (SSSR count). The predicted molar refractivity (Wildman–Crippen MR) is 88.4 cm³/mol. The molecule has 2 saturated heterocycles. The highest BCUT2D eigenvalue weighted by molar-refractivity contribution is 5.74. The molecule has 0 saturated carbocycles. The number of piperidine rings is 1. The van der Waals surface area contributed by atoms with E-state index < -0.39 is 0 Å². The molecule has 0 bridgehead atoms. The standard InChI is InChI=1S/C17H28N4O2/c1-13-9-19-21(11-13)14-5-4-8-20(12-14)16(22)18-10-15-6-7-17(2,3)23-15/h9,11,14-15H,4-8,10,12H2,1-3H3,(H,18,22)/t14-,15+/m1/s1. The number of carbonyl (C=O) groups is 1. The Morgan fingerprint density at radius 3 is 2.96 bits per heavy atom. The molecule has 1 aromatic heterocycles. The first-order valence-corrected chi connectivity index (χ1v) is 8.64. The first-order valence-electron chi connectivity index (χ1n) is 8.64. The summed E-state index contributed by atoms with van der Waals surface area (Å²) in [7, 11) is 0. The first-order chi connectivity index (χ1) is 10.9. The topological polar surface area (TPSA) is 59.4 Å². The van der Waals surface area contributed by atoms with Gasteiger partial charge >= 0.3 is 6.03 Å². The minimum Gasteiger partial charge on any atom is -0.371 e. The third-order valence-corrected chi connectivity index (χ3v) is 4.82. The number of nitrogens with one attached hydrogen (secondary N) is 1. The summed E-state index contributed by atoms with van der Waals surface area (Å²) in [5.74, 6) is 0. The number of amides is 2. The molecule has 1 aromatic rings. The van der Waals surface area contributed by atoms with Gasteiger partial charge in [0, 0.05) is 25.8 Å². The van der Waals surface area contributed by atoms with Crippen molar-refractivity contribution in [3.05, 3.63) is 18.0 Å². The highest BCUT2D eigenvalue weighted by Crippen LogP contribution is 2.29. The van der Waals surface area contributed by atoms with Gasteiger partial charge in [0.2, 0.25) is 0 Å². The van der Waals surface area contributed by atoms with Crippen molar-refractivity contribution in [3.8, 4) is 0 Å². The lowest BCUT2D eigenvalue weighted by atomic mass is 10.1. The number of likely N-dealkylation sites (tertiary alicyclic amines) is 1. The molecule has 2 amide bonds. The van der Waals surface area contributed by atoms with Crippen LogP contribution in [0.2, 0.25) is 0 Å². The normalized spacial score (nSPS) is 27.2. The smallest absolute Gasteiger partial charge is 0.317 e. The highest BCUT2D eigenvalue weighted by atomic mass is 16.5. The van der Waals surface area contributed by atoms with Crippen LogP contribution in [0.3, 0.4) is 0 Å². The molecule has 6 heteroatoms. The third-order valence-electron chi connectivity index (χ3n) is 4.82. The van der Waals surface area contributed by atoms with Gasteiger partial charge in [-0.25, -0.2) is 4.79 Å². The maximum atomic E-state index is 12.4. The second kappa shape index (κ2) is 6.51. The van der Waals surface area contributed by atoms with Gasteiger partial charge in [-0.15, -0.1) is 0 Å². The Kier molecular flexibility index (Phi) is 4.62. The Hall–Kier alpha value is -1.56. The fourth-order valence-corrected chi connectivity index (χ4v) is 3.52. The molecule has 128 valence electrons. The Labute approximate surface area is 138 Å². The third kappa shape index (κ3) is 4.05. The van der Waals surface area contributed by atoms with E-state index in [4.69, 9.17) is 4.74 Å². The number of hydrogen-bond donors (Lipinski definition) is 1. The van der Waals surface area contributed by atoms with Crippen molar-refractivity contribution < 1.29 is 9.53 Å². The van der Waals surface area contributed by atoms with Crippen molar-refractivity contribution in [2.75, 3.05) is 19.6 Å². The molecule has 2 aliphatic rings. The summed E-state index contributed by atoms with van der Waals surface area (Å²) in [6.07, 6.45) is 8.23. The summed E-state index contributed by atoms with van der Waals surface area (Å²) in [6, 6.07) is 0.303. The van der Waals surface area contributed by atoms with Crippen molar-refractivity contribution in [1.29, 1.82) is 0 Å². The van der Waals surface area contributed by atoms with E-state index in [9.17, 15) is 4.79 Å². The van der Waals surface area contributed by atoms with Crippen molar-refractivity contribution in [2.45, 2.75) is 64.2 Å². The average molecular weight is 320 g/mol. The Morgan fingerprint density at radius 2 is 2.30 bits per heavy atom. The summed E-state index contributed by atoms with van der Waals surface area (Å²) < 4.78 is 7.93. The Bertz CT molecular complexity index is 555. The van der Waals surface area contributed by atoms with Crippen molar-refractivity contribution in [2.24, 2.45) is 0 Å². The number of hydrogen-bond acceptors (Lipinski definition) is 3. The number of aryl methyl sites for hydroxylation is 1. The number of urea groups is 1. The Morgan fingerprint density at radius 1 is 1.48 bits per heavy atom. The van der Waals surface area contributed by atoms with E-state index in [-0.39, 0.29) is 23.8 Å². The fraction of sp³-hybridized carbons (Fsp3) is 0.765. The molecule has 23 heavy (non-hydrogen) atoms. The molecule has 2 atom stereocenters. The number of aromatic nitrogens is 2. The second-order valence-corrected chi connectivity index (χ2v) is 7.46. The summed E-state index contributed by atoms with van der Waals surface area (Å²) in [6.45, 7) is 8.40. The van der Waals surface area contributed by atoms with Crippen LogP contribution in [0, 0.1) is 6.92 Å². The van der Waals surface area contributed by atoms with Gasteiger partial charge in [-0.2, -0.15) is 5.10 Å². The molecule has 2 aliphatic heterocycles. The van der Waals surface area contributed by atoms with Crippen LogP contribution in [0.15, 0.2) is 12.4 Å². The average Bonchev–Trinajstić information content (AvgIpc) is 3.10. The molecule has 0 radical (unpaired) electrons. The van der Waals surface area contributed by atoms with Crippen LogP contribution < -0.4 is 5.32 Å². The van der Waals surface area contributed by atoms with Gasteiger partial charge in [0.15, 0.2) is 0 Å². The van der Waals surface area contributed by atoms with Crippen LogP contribution in [0.5, 0.6) is 0 Å². The maximum Gasteiger partial charge on any atom is 0.317 e. The molecule has 1 N–H and O–H groups in total. The molecule has 2 fully saturated rings. The van der Waals surface area contributed by atoms with E-state index in [0.717, 1.165) is 44.3 Å². The van der Waals surface area contributed by atoms with Crippen LogP contribution in [-0.4, -0.2) is 52.1 Å². The Balaban J connectivity index is 1.49. The van der Waals surface area contributed by atoms with E-state index in [2.05, 4.69) is 30.5 Å². The van der Waals surface area contributed by atoms with E-state index in [0.29, 0.717) is 6.54 Å². The number of nitrogens with zero attached hydrogens (tertiary/aromatic N) is 3. The van der Waals surface area contributed by atoms with Gasteiger partial charge in [-0.05, 0) is 52.0 Å². The van der Waals surface area contributed by atoms with Gasteiger partial charge in [-0.3, -0.25) is 4.68 Å². The quantitative estimate of drug-likeness (QED) is 0.931. The zero-order valence-corrected chi connectivity index (χ0v) is 14.4. The summed E-state index contributed by atoms with van der Waals surface area (Å²) in [5.41, 5.74) is 1.11. The zero-order valence-electron chi connectivity index (χ0n) is 14.4. The maximum absolute atomic E-state index is 12.4. The van der Waals surface area contributed by atoms with Gasteiger partial charge in [0.05, 0.1) is 23.9 Å². The molecule has 0 spiro atoms. The van der Waals surface area contributed by atoms with Gasteiger partial charge in [0.1, 0.15) is 0 Å². The van der Waals surface area contributed by atoms with E-state index in [1.54, 1.807) is 0 Å². The molecule has 6 nitrogen and oxygen atoms in total. The van der Waals surface area contributed by atoms with Gasteiger partial charge < -0.3 is 15.0 Å². The lowest BCUT2D eigenvalue weighted by Crippen LogP contribution is -2.47. The molecule has 0 aromatic carbocycles. The molecule has 0 unspecified atom stereocenters. The van der Waals surface area contributed by atoms with Crippen molar-refractivity contribution in [3.63, 3.8) is 0 Å². The number of carbonyl (C=O) groups excluding carboxylic acids is 1. The van der Waals surface area contributed by atoms with Crippen LogP contribution in [0.1, 0.15) is 51.1 Å². The summed E-state index contributed by atoms with van der Waals surface area (Å²) >= 11 is 0. The fourth-order valence-electron chi connectivity index (χ4n) is 3.52. The largest absolute Gasteiger partial charge is 0.371 e. The number of rotatable bonds is 3. The van der Waals surface area contributed by atoms with E-state index in [1.165, 1.54) is 0 Å². The minimum absolute atomic E-state index is 0.0203. The van der Waals surface area contributed by atoms with Crippen molar-refractivity contribution in [1.82, 2.24) is 20.0 Å². The van der Waals surface area contributed by atoms with Gasteiger partial charge in [0.25, 0.3) is 0 Å². The molecular weight excluding hydrogens is 292 g/mol. The zero-order chi connectivity index (χ0) is 16.4. The van der Waals surface area contributed by atoms with E-state index in [1.807, 2.05) is 22.7 Å². The molecule has 3 heterocycles. The van der Waals surface area contributed by atoms with Crippen LogP contribution in [0.4, 0.5) is 4.79 Å². The van der Waals surface area contributed by atoms with E-state index >= 15 is 0 Å². The first kappa shape index (κ1) is 16.3. The summed E-state index contributed by atoms with van der Waals surface area (Å²) in [4.78, 5) is 14.3. The minimum atomic E-state index is -0.0520. The molecule has 0 aliphatic carbocycles. The SMILES string of the molecule is Cc1cnn([C@@H]2CCCN(C(=O)NC[C@@H]3CCC(C)(C)O3)C2)c1. The molecular formula is C17H28N4O2. The highest BCUT2D eigenvalue weighted by Gasteiger charge is 2.32.